The van der Waals surface area contributed by atoms with Crippen molar-refractivity contribution in [1.29, 1.82) is 0 Å². The first-order chi connectivity index (χ1) is 12.9. The number of aromatic nitrogens is 1. The molecule has 1 amide bonds. The molecule has 1 unspecified atom stereocenters. The standard InChI is InChI=1S/C19H16Cl2N2O3S/c1-11(19(25)22-14-9-12(20)8-13(21)10-14)26-18(24)7-6-17-23-15-4-2-3-5-16(15)27-17/h2-5,8-11H,6-7H2,1H3,(H,22,25). The first kappa shape index (κ1) is 19.6. The van der Waals surface area contributed by atoms with Crippen LogP contribution < -0.4 is 5.32 Å². The van der Waals surface area contributed by atoms with E-state index in [1.165, 1.54) is 6.92 Å². The summed E-state index contributed by atoms with van der Waals surface area (Å²) in [5.41, 5.74) is 1.36. The van der Waals surface area contributed by atoms with E-state index in [2.05, 4.69) is 10.3 Å². The number of thiazole rings is 1. The van der Waals surface area contributed by atoms with Crippen molar-refractivity contribution >= 4 is 62.3 Å². The molecule has 0 aliphatic rings. The molecule has 0 aliphatic carbocycles. The van der Waals surface area contributed by atoms with E-state index in [0.717, 1.165) is 15.2 Å². The number of benzene rings is 2. The zero-order chi connectivity index (χ0) is 19.4. The molecule has 3 rings (SSSR count). The van der Waals surface area contributed by atoms with Crippen LogP contribution in [0, 0.1) is 0 Å². The third-order valence-electron chi connectivity index (χ3n) is 3.69. The Labute approximate surface area is 170 Å². The lowest BCUT2D eigenvalue weighted by molar-refractivity contribution is -0.153. The third-order valence-corrected chi connectivity index (χ3v) is 5.22. The first-order valence-corrected chi connectivity index (χ1v) is 9.79. The Bertz CT molecular complexity index is 937. The molecular formula is C19H16Cl2N2O3S. The zero-order valence-electron chi connectivity index (χ0n) is 14.4. The number of anilines is 1. The van der Waals surface area contributed by atoms with Gasteiger partial charge in [0.1, 0.15) is 0 Å². The Balaban J connectivity index is 1.51. The van der Waals surface area contributed by atoms with Gasteiger partial charge in [-0.15, -0.1) is 11.3 Å². The van der Waals surface area contributed by atoms with Crippen LogP contribution in [0.3, 0.4) is 0 Å². The number of hydrogen-bond donors (Lipinski definition) is 1. The van der Waals surface area contributed by atoms with E-state index < -0.39 is 18.0 Å². The summed E-state index contributed by atoms with van der Waals surface area (Å²) in [6, 6.07) is 12.5. The minimum Gasteiger partial charge on any atom is -0.453 e. The molecular weight excluding hydrogens is 407 g/mol. The quantitative estimate of drug-likeness (QED) is 0.560. The smallest absolute Gasteiger partial charge is 0.306 e. The number of rotatable bonds is 6. The molecule has 0 spiro atoms. The monoisotopic (exact) mass is 422 g/mol. The molecule has 5 nitrogen and oxygen atoms in total. The maximum absolute atomic E-state index is 12.2. The number of hydrogen-bond acceptors (Lipinski definition) is 5. The Hall–Kier alpha value is -2.15. The molecule has 27 heavy (non-hydrogen) atoms. The van der Waals surface area contributed by atoms with Crippen LogP contribution in [0.25, 0.3) is 10.2 Å². The van der Waals surface area contributed by atoms with E-state index in [1.54, 1.807) is 29.5 Å². The number of nitrogens with one attached hydrogen (secondary N) is 1. The van der Waals surface area contributed by atoms with Gasteiger partial charge in [0.05, 0.1) is 21.6 Å². The number of ether oxygens (including phenoxy) is 1. The number of esters is 1. The Morgan fingerprint density at radius 2 is 1.89 bits per heavy atom. The van der Waals surface area contributed by atoms with Crippen LogP contribution in [0.5, 0.6) is 0 Å². The summed E-state index contributed by atoms with van der Waals surface area (Å²) in [6.45, 7) is 1.51. The molecule has 0 saturated carbocycles. The Morgan fingerprint density at radius 1 is 1.19 bits per heavy atom. The fraction of sp³-hybridized carbons (Fsp3) is 0.211. The van der Waals surface area contributed by atoms with Gasteiger partial charge in [0.25, 0.3) is 5.91 Å². The van der Waals surface area contributed by atoms with E-state index in [9.17, 15) is 9.59 Å². The molecule has 0 fully saturated rings. The fourth-order valence-corrected chi connectivity index (χ4v) is 3.91. The van der Waals surface area contributed by atoms with Gasteiger partial charge >= 0.3 is 5.97 Å². The largest absolute Gasteiger partial charge is 0.453 e. The Morgan fingerprint density at radius 3 is 2.59 bits per heavy atom. The second-order valence-corrected chi connectivity index (χ2v) is 7.84. The number of carbonyl (C=O) groups excluding carboxylic acids is 2. The Kier molecular flexibility index (Phi) is 6.31. The normalized spacial score (nSPS) is 12.0. The summed E-state index contributed by atoms with van der Waals surface area (Å²) in [5.74, 6) is -0.914. The number of aryl methyl sites for hydroxylation is 1. The van der Waals surface area contributed by atoms with Crippen molar-refractivity contribution in [2.45, 2.75) is 25.9 Å². The number of halogens is 2. The average molecular weight is 423 g/mol. The van der Waals surface area contributed by atoms with Crippen molar-refractivity contribution < 1.29 is 14.3 Å². The van der Waals surface area contributed by atoms with Gasteiger partial charge in [0.15, 0.2) is 6.10 Å². The van der Waals surface area contributed by atoms with E-state index in [1.807, 2.05) is 24.3 Å². The topological polar surface area (TPSA) is 68.3 Å². The maximum Gasteiger partial charge on any atom is 0.306 e. The minimum atomic E-state index is -0.939. The van der Waals surface area contributed by atoms with Crippen molar-refractivity contribution in [2.75, 3.05) is 5.32 Å². The third kappa shape index (κ3) is 5.42. The molecule has 1 heterocycles. The molecule has 140 valence electrons. The molecule has 0 aliphatic heterocycles. The van der Waals surface area contributed by atoms with E-state index in [0.29, 0.717) is 22.2 Å². The molecule has 1 atom stereocenters. The summed E-state index contributed by atoms with van der Waals surface area (Å²) in [7, 11) is 0. The van der Waals surface area contributed by atoms with Gasteiger partial charge in [-0.1, -0.05) is 35.3 Å². The molecule has 1 N–H and O–H groups in total. The van der Waals surface area contributed by atoms with E-state index in [-0.39, 0.29) is 6.42 Å². The van der Waals surface area contributed by atoms with Crippen LogP contribution in [0.1, 0.15) is 18.4 Å². The zero-order valence-corrected chi connectivity index (χ0v) is 16.7. The number of para-hydroxylation sites is 1. The first-order valence-electron chi connectivity index (χ1n) is 8.21. The summed E-state index contributed by atoms with van der Waals surface area (Å²) in [5, 5.41) is 4.29. The van der Waals surface area contributed by atoms with Crippen molar-refractivity contribution in [1.82, 2.24) is 4.98 Å². The maximum atomic E-state index is 12.2. The van der Waals surface area contributed by atoms with Crippen LogP contribution in [-0.4, -0.2) is 23.0 Å². The van der Waals surface area contributed by atoms with Gasteiger partial charge < -0.3 is 10.1 Å². The highest BCUT2D eigenvalue weighted by molar-refractivity contribution is 7.18. The molecule has 0 saturated heterocycles. The van der Waals surface area contributed by atoms with Crippen molar-refractivity contribution in [3.63, 3.8) is 0 Å². The van der Waals surface area contributed by atoms with E-state index in [4.69, 9.17) is 27.9 Å². The average Bonchev–Trinajstić information content (AvgIpc) is 3.02. The summed E-state index contributed by atoms with van der Waals surface area (Å²) in [4.78, 5) is 28.7. The second-order valence-electron chi connectivity index (χ2n) is 5.85. The molecule has 0 radical (unpaired) electrons. The second kappa shape index (κ2) is 8.69. The van der Waals surface area contributed by atoms with Gasteiger partial charge in [-0.2, -0.15) is 0 Å². The van der Waals surface area contributed by atoms with Gasteiger partial charge in [0, 0.05) is 22.2 Å². The molecule has 8 heteroatoms. The highest BCUT2D eigenvalue weighted by atomic mass is 35.5. The molecule has 3 aromatic rings. The molecule has 1 aromatic heterocycles. The SMILES string of the molecule is CC(OC(=O)CCc1nc2ccccc2s1)C(=O)Nc1cc(Cl)cc(Cl)c1. The predicted octanol–water partition coefficient (Wildman–Crippen LogP) is 5.11. The van der Waals surface area contributed by atoms with Crippen LogP contribution in [-0.2, 0) is 20.7 Å². The molecule has 0 bridgehead atoms. The van der Waals surface area contributed by atoms with Crippen LogP contribution in [0.4, 0.5) is 5.69 Å². The van der Waals surface area contributed by atoms with Crippen LogP contribution in [0.15, 0.2) is 42.5 Å². The lowest BCUT2D eigenvalue weighted by Gasteiger charge is -2.13. The highest BCUT2D eigenvalue weighted by Gasteiger charge is 2.18. The number of nitrogens with zero attached hydrogens (tertiary/aromatic N) is 1. The summed E-state index contributed by atoms with van der Waals surface area (Å²) >= 11 is 13.3. The van der Waals surface area contributed by atoms with Crippen molar-refractivity contribution in [3.05, 3.63) is 57.5 Å². The summed E-state index contributed by atoms with van der Waals surface area (Å²) < 4.78 is 6.28. The van der Waals surface area contributed by atoms with Gasteiger partial charge in [0.2, 0.25) is 0 Å². The van der Waals surface area contributed by atoms with Crippen molar-refractivity contribution in [2.24, 2.45) is 0 Å². The van der Waals surface area contributed by atoms with Gasteiger partial charge in [-0.25, -0.2) is 4.98 Å². The molecule has 2 aromatic carbocycles. The highest BCUT2D eigenvalue weighted by Crippen LogP contribution is 2.23. The number of fused-ring (bicyclic) bond motifs is 1. The lowest BCUT2D eigenvalue weighted by atomic mass is 10.3. The van der Waals surface area contributed by atoms with Crippen LogP contribution >= 0.6 is 34.5 Å². The van der Waals surface area contributed by atoms with Crippen molar-refractivity contribution in [3.8, 4) is 0 Å². The lowest BCUT2D eigenvalue weighted by Crippen LogP contribution is -2.30. The summed E-state index contributed by atoms with van der Waals surface area (Å²) in [6.07, 6.45) is -0.317. The minimum absolute atomic E-state index is 0.153. The fourth-order valence-electron chi connectivity index (χ4n) is 2.42. The van der Waals surface area contributed by atoms with E-state index >= 15 is 0 Å². The van der Waals surface area contributed by atoms with Crippen LogP contribution in [0.2, 0.25) is 10.0 Å². The number of amides is 1. The van der Waals surface area contributed by atoms with Gasteiger partial charge in [-0.05, 0) is 37.3 Å². The predicted molar refractivity (Wildman–Crippen MR) is 109 cm³/mol. The van der Waals surface area contributed by atoms with Gasteiger partial charge in [-0.3, -0.25) is 9.59 Å². The number of carbonyl (C=O) groups is 2.